The Hall–Kier alpha value is -1.75. The summed E-state index contributed by atoms with van der Waals surface area (Å²) in [4.78, 5) is 10.4. The van der Waals surface area contributed by atoms with E-state index >= 15 is 0 Å². The van der Waals surface area contributed by atoms with Crippen molar-refractivity contribution in [1.29, 1.82) is 0 Å². The van der Waals surface area contributed by atoms with Gasteiger partial charge >= 0.3 is 0 Å². The zero-order chi connectivity index (χ0) is 12.5. The van der Waals surface area contributed by atoms with Gasteiger partial charge in [0.05, 0.1) is 18.2 Å². The van der Waals surface area contributed by atoms with Crippen molar-refractivity contribution < 1.29 is 9.50 Å². The largest absolute Gasteiger partial charge is 0.394 e. The first-order chi connectivity index (χ1) is 8.79. The summed E-state index contributed by atoms with van der Waals surface area (Å²) in [5.41, 5.74) is 0.727. The Balaban J connectivity index is 2.13. The van der Waals surface area contributed by atoms with E-state index in [-0.39, 0.29) is 18.5 Å². The van der Waals surface area contributed by atoms with Crippen LogP contribution in [0.4, 0.5) is 10.2 Å². The fourth-order valence-corrected chi connectivity index (χ4v) is 2.55. The topological polar surface area (TPSA) is 49.2 Å². The van der Waals surface area contributed by atoms with Crippen molar-refractivity contribution in [2.24, 2.45) is 0 Å². The summed E-state index contributed by atoms with van der Waals surface area (Å²) >= 11 is 0. The third-order valence-corrected chi connectivity index (χ3v) is 3.44. The fraction of sp³-hybridized carbons (Fsp3) is 0.385. The van der Waals surface area contributed by atoms with Gasteiger partial charge in [0.1, 0.15) is 18.0 Å². The Bertz CT molecular complexity index is 575. The molecule has 1 aliphatic heterocycles. The maximum Gasteiger partial charge on any atom is 0.140 e. The minimum Gasteiger partial charge on any atom is -0.394 e. The van der Waals surface area contributed by atoms with Crippen LogP contribution in [0.25, 0.3) is 10.9 Å². The van der Waals surface area contributed by atoms with Gasteiger partial charge in [0.2, 0.25) is 0 Å². The second-order valence-corrected chi connectivity index (χ2v) is 4.53. The smallest absolute Gasteiger partial charge is 0.140 e. The zero-order valence-electron chi connectivity index (χ0n) is 9.88. The normalized spacial score (nSPS) is 19.7. The predicted molar refractivity (Wildman–Crippen MR) is 66.9 cm³/mol. The molecule has 2 aromatic rings. The van der Waals surface area contributed by atoms with Gasteiger partial charge < -0.3 is 10.0 Å². The van der Waals surface area contributed by atoms with E-state index in [1.165, 1.54) is 18.5 Å². The standard InChI is InChI=1S/C13H14FN3O/c14-9-3-4-12-11(6-9)13(16-8-15-12)17-5-1-2-10(17)7-18/h3-4,6,8,10,18H,1-2,5,7H2/t10-/m1/s1. The van der Waals surface area contributed by atoms with Gasteiger partial charge in [-0.15, -0.1) is 0 Å². The second-order valence-electron chi connectivity index (χ2n) is 4.53. The number of benzene rings is 1. The molecule has 0 aliphatic carbocycles. The average Bonchev–Trinajstić information content (AvgIpc) is 2.86. The highest BCUT2D eigenvalue weighted by atomic mass is 19.1. The van der Waals surface area contributed by atoms with Gasteiger partial charge in [-0.25, -0.2) is 14.4 Å². The van der Waals surface area contributed by atoms with Gasteiger partial charge in [-0.05, 0) is 31.0 Å². The van der Waals surface area contributed by atoms with Crippen LogP contribution >= 0.6 is 0 Å². The molecule has 1 aromatic carbocycles. The SMILES string of the molecule is OC[C@H]1CCCN1c1ncnc2ccc(F)cc12. The Morgan fingerprint density at radius 2 is 2.28 bits per heavy atom. The van der Waals surface area contributed by atoms with Crippen molar-refractivity contribution in [3.63, 3.8) is 0 Å². The number of nitrogens with zero attached hydrogens (tertiary/aromatic N) is 3. The molecule has 0 saturated carbocycles. The molecule has 0 unspecified atom stereocenters. The van der Waals surface area contributed by atoms with Crippen molar-refractivity contribution in [3.05, 3.63) is 30.3 Å². The lowest BCUT2D eigenvalue weighted by Gasteiger charge is -2.25. The Morgan fingerprint density at radius 3 is 3.11 bits per heavy atom. The molecule has 2 heterocycles. The molecule has 1 aliphatic rings. The first kappa shape index (κ1) is 11.3. The summed E-state index contributed by atoms with van der Waals surface area (Å²) in [6.45, 7) is 0.939. The van der Waals surface area contributed by atoms with Gasteiger partial charge in [0.15, 0.2) is 0 Å². The maximum absolute atomic E-state index is 13.4. The van der Waals surface area contributed by atoms with Crippen LogP contribution in [-0.4, -0.2) is 34.3 Å². The lowest BCUT2D eigenvalue weighted by molar-refractivity contribution is 0.266. The molecular formula is C13H14FN3O. The number of hydrogen-bond donors (Lipinski definition) is 1. The van der Waals surface area contributed by atoms with Crippen LogP contribution in [0.1, 0.15) is 12.8 Å². The summed E-state index contributed by atoms with van der Waals surface area (Å²) in [5.74, 6) is 0.425. The first-order valence-electron chi connectivity index (χ1n) is 6.07. The number of hydrogen-bond acceptors (Lipinski definition) is 4. The van der Waals surface area contributed by atoms with Crippen LogP contribution in [0.15, 0.2) is 24.5 Å². The number of halogens is 1. The summed E-state index contributed by atoms with van der Waals surface area (Å²) in [6.07, 6.45) is 3.45. The molecule has 1 fully saturated rings. The zero-order valence-corrected chi connectivity index (χ0v) is 9.88. The van der Waals surface area contributed by atoms with Crippen molar-refractivity contribution in [2.45, 2.75) is 18.9 Å². The van der Waals surface area contributed by atoms with E-state index in [4.69, 9.17) is 0 Å². The Labute approximate surface area is 104 Å². The minimum atomic E-state index is -0.293. The maximum atomic E-state index is 13.4. The highest BCUT2D eigenvalue weighted by Gasteiger charge is 2.26. The molecule has 94 valence electrons. The number of rotatable bonds is 2. The third-order valence-electron chi connectivity index (χ3n) is 3.44. The molecule has 5 heteroatoms. The predicted octanol–water partition coefficient (Wildman–Crippen LogP) is 1.73. The lowest BCUT2D eigenvalue weighted by Crippen LogP contribution is -2.32. The molecular weight excluding hydrogens is 233 g/mol. The summed E-state index contributed by atoms with van der Waals surface area (Å²) < 4.78 is 13.4. The monoisotopic (exact) mass is 247 g/mol. The van der Waals surface area contributed by atoms with E-state index in [0.29, 0.717) is 5.39 Å². The molecule has 1 saturated heterocycles. The van der Waals surface area contributed by atoms with Crippen LogP contribution in [0.3, 0.4) is 0 Å². The molecule has 4 nitrogen and oxygen atoms in total. The summed E-state index contributed by atoms with van der Waals surface area (Å²) in [6, 6.07) is 4.58. The van der Waals surface area contributed by atoms with Crippen LogP contribution in [0.2, 0.25) is 0 Å². The molecule has 1 N–H and O–H groups in total. The van der Waals surface area contributed by atoms with Gasteiger partial charge in [-0.3, -0.25) is 0 Å². The minimum absolute atomic E-state index is 0.0753. The highest BCUT2D eigenvalue weighted by molar-refractivity contribution is 5.89. The number of anilines is 1. The number of aliphatic hydroxyl groups excluding tert-OH is 1. The van der Waals surface area contributed by atoms with E-state index < -0.39 is 0 Å². The van der Waals surface area contributed by atoms with E-state index in [9.17, 15) is 9.50 Å². The molecule has 1 aromatic heterocycles. The van der Waals surface area contributed by atoms with Gasteiger partial charge in [0, 0.05) is 11.9 Å². The molecule has 3 rings (SSSR count). The van der Waals surface area contributed by atoms with Crippen molar-refractivity contribution >= 4 is 16.7 Å². The molecule has 0 bridgehead atoms. The first-order valence-corrected chi connectivity index (χ1v) is 6.07. The van der Waals surface area contributed by atoms with E-state index in [0.717, 1.165) is 30.7 Å². The van der Waals surface area contributed by atoms with Gasteiger partial charge in [0.25, 0.3) is 0 Å². The van der Waals surface area contributed by atoms with E-state index in [1.54, 1.807) is 6.07 Å². The van der Waals surface area contributed by atoms with E-state index in [1.807, 2.05) is 4.90 Å². The molecule has 0 amide bonds. The van der Waals surface area contributed by atoms with Crippen LogP contribution in [-0.2, 0) is 0 Å². The van der Waals surface area contributed by atoms with Crippen molar-refractivity contribution in [1.82, 2.24) is 9.97 Å². The third kappa shape index (κ3) is 1.80. The highest BCUT2D eigenvalue weighted by Crippen LogP contribution is 2.29. The number of fused-ring (bicyclic) bond motifs is 1. The average molecular weight is 247 g/mol. The second kappa shape index (κ2) is 4.49. The number of aromatic nitrogens is 2. The Kier molecular flexibility index (Phi) is 2.83. The Morgan fingerprint density at radius 1 is 1.39 bits per heavy atom. The quantitative estimate of drug-likeness (QED) is 0.878. The molecule has 1 atom stereocenters. The summed E-state index contributed by atoms with van der Waals surface area (Å²) in [7, 11) is 0. The lowest BCUT2D eigenvalue weighted by atomic mass is 10.2. The van der Waals surface area contributed by atoms with Gasteiger partial charge in [-0.1, -0.05) is 0 Å². The molecule has 18 heavy (non-hydrogen) atoms. The number of aliphatic hydroxyl groups is 1. The fourth-order valence-electron chi connectivity index (χ4n) is 2.55. The van der Waals surface area contributed by atoms with Crippen molar-refractivity contribution in [3.8, 4) is 0 Å². The van der Waals surface area contributed by atoms with E-state index in [2.05, 4.69) is 9.97 Å². The van der Waals surface area contributed by atoms with Crippen LogP contribution in [0, 0.1) is 5.82 Å². The van der Waals surface area contributed by atoms with Crippen molar-refractivity contribution in [2.75, 3.05) is 18.1 Å². The van der Waals surface area contributed by atoms with Gasteiger partial charge in [-0.2, -0.15) is 0 Å². The van der Waals surface area contributed by atoms with Crippen LogP contribution in [0.5, 0.6) is 0 Å². The van der Waals surface area contributed by atoms with Crippen LogP contribution < -0.4 is 4.90 Å². The molecule has 0 spiro atoms. The summed E-state index contributed by atoms with van der Waals surface area (Å²) in [5, 5.41) is 10.1. The molecule has 0 radical (unpaired) electrons.